The molecule has 0 aromatic heterocycles. The molecule has 1 saturated heterocycles. The highest BCUT2D eigenvalue weighted by molar-refractivity contribution is 4.70. The van der Waals surface area contributed by atoms with E-state index in [0.29, 0.717) is 0 Å². The Labute approximate surface area is 57.2 Å². The molecule has 2 atom stereocenters. The zero-order valence-electron chi connectivity index (χ0n) is 9.99. The molecule has 0 saturated carbocycles. The lowest BCUT2D eigenvalue weighted by atomic mass is 10.2. The van der Waals surface area contributed by atoms with Crippen molar-refractivity contribution in [2.24, 2.45) is 0 Å². The van der Waals surface area contributed by atoms with Gasteiger partial charge < -0.3 is 10.1 Å². The van der Waals surface area contributed by atoms with Crippen LogP contribution in [0.25, 0.3) is 0 Å². The Balaban J connectivity index is 2.93. The van der Waals surface area contributed by atoms with Crippen molar-refractivity contribution < 1.29 is 11.6 Å². The minimum Gasteiger partial charge on any atom is -0.378 e. The highest BCUT2D eigenvalue weighted by atomic mass is 16.5. The van der Waals surface area contributed by atoms with Crippen LogP contribution in [-0.2, 0) is 4.74 Å². The van der Waals surface area contributed by atoms with E-state index < -0.39 is 25.2 Å². The molecule has 8 heavy (non-hydrogen) atoms. The van der Waals surface area contributed by atoms with Gasteiger partial charge >= 0.3 is 0 Å². The van der Waals surface area contributed by atoms with Crippen molar-refractivity contribution in [3.8, 4) is 0 Å². The standard InChI is InChI=1S/C6H13NO/c1-5-3-8-4-6(2)7-5/h5-7H,3-4H2,1-2H3/i3D2,4D2,5D. The van der Waals surface area contributed by atoms with Crippen LogP contribution in [0, 0.1) is 0 Å². The van der Waals surface area contributed by atoms with Gasteiger partial charge in [0.2, 0.25) is 0 Å². The van der Waals surface area contributed by atoms with Crippen molar-refractivity contribution in [1.82, 2.24) is 5.32 Å². The fourth-order valence-corrected chi connectivity index (χ4v) is 0.578. The monoisotopic (exact) mass is 120 g/mol. The average Bonchev–Trinajstić information content (AvgIpc) is 1.80. The lowest BCUT2D eigenvalue weighted by molar-refractivity contribution is 0.0560. The normalized spacial score (nSPS) is 70.8. The van der Waals surface area contributed by atoms with E-state index in [2.05, 4.69) is 10.1 Å². The Morgan fingerprint density at radius 3 is 3.12 bits per heavy atom. The number of ether oxygens (including phenoxy) is 1. The van der Waals surface area contributed by atoms with Crippen LogP contribution in [0.2, 0.25) is 0 Å². The lowest BCUT2D eigenvalue weighted by Gasteiger charge is -2.25. The van der Waals surface area contributed by atoms with Gasteiger partial charge in [0.25, 0.3) is 0 Å². The van der Waals surface area contributed by atoms with Crippen LogP contribution < -0.4 is 5.32 Å². The van der Waals surface area contributed by atoms with E-state index in [9.17, 15) is 0 Å². The Hall–Kier alpha value is -0.0800. The Morgan fingerprint density at radius 2 is 2.50 bits per heavy atom. The average molecular weight is 120 g/mol. The second-order valence-electron chi connectivity index (χ2n) is 1.81. The summed E-state index contributed by atoms with van der Waals surface area (Å²) in [6.07, 6.45) is 0. The molecule has 0 aromatic carbocycles. The second kappa shape index (κ2) is 2.46. The van der Waals surface area contributed by atoms with Gasteiger partial charge in [0, 0.05) is 13.4 Å². The molecule has 0 spiro atoms. The van der Waals surface area contributed by atoms with E-state index in [1.807, 2.05) is 0 Å². The quantitative estimate of drug-likeness (QED) is 0.499. The molecular weight excluding hydrogens is 102 g/mol. The van der Waals surface area contributed by atoms with Crippen molar-refractivity contribution >= 4 is 0 Å². The molecule has 0 aliphatic carbocycles. The SMILES string of the molecule is [2H]C1([2H])OC([2H])([2H])C([2H])(C)NC1C. The van der Waals surface area contributed by atoms with Crippen LogP contribution in [0.3, 0.4) is 0 Å². The maximum atomic E-state index is 7.56. The predicted molar refractivity (Wildman–Crippen MR) is 32.9 cm³/mol. The van der Waals surface area contributed by atoms with Crippen LogP contribution in [-0.4, -0.2) is 25.2 Å². The van der Waals surface area contributed by atoms with Gasteiger partial charge in [-0.15, -0.1) is 0 Å². The summed E-state index contributed by atoms with van der Waals surface area (Å²) in [6, 6.07) is -2.34. The summed E-state index contributed by atoms with van der Waals surface area (Å²) in [6.45, 7) is -1.58. The fourth-order valence-electron chi connectivity index (χ4n) is 0.578. The molecule has 1 N–H and O–H groups in total. The van der Waals surface area contributed by atoms with Gasteiger partial charge in [-0.25, -0.2) is 0 Å². The van der Waals surface area contributed by atoms with Crippen molar-refractivity contribution in [1.29, 1.82) is 0 Å². The molecule has 0 radical (unpaired) electrons. The predicted octanol–water partition coefficient (Wildman–Crippen LogP) is 0.383. The van der Waals surface area contributed by atoms with Gasteiger partial charge in [0.15, 0.2) is 0 Å². The highest BCUT2D eigenvalue weighted by Crippen LogP contribution is 1.96. The zero-order valence-corrected chi connectivity index (χ0v) is 4.99. The van der Waals surface area contributed by atoms with Crippen molar-refractivity contribution in [2.75, 3.05) is 13.1 Å². The van der Waals surface area contributed by atoms with Gasteiger partial charge in [-0.2, -0.15) is 0 Å². The van der Waals surface area contributed by atoms with Crippen molar-refractivity contribution in [2.45, 2.75) is 25.9 Å². The maximum Gasteiger partial charge on any atom is 0.0617 e. The molecule has 2 unspecified atom stereocenters. The summed E-state index contributed by atoms with van der Waals surface area (Å²) in [5.41, 5.74) is 0. The third-order valence-corrected chi connectivity index (χ3v) is 0.873. The molecule has 1 fully saturated rings. The largest absolute Gasteiger partial charge is 0.378 e. The molecule has 48 valence electrons. The van der Waals surface area contributed by atoms with E-state index in [4.69, 9.17) is 6.85 Å². The van der Waals surface area contributed by atoms with E-state index >= 15 is 0 Å². The van der Waals surface area contributed by atoms with Gasteiger partial charge in [-0.1, -0.05) is 0 Å². The van der Waals surface area contributed by atoms with E-state index in [1.54, 1.807) is 0 Å². The van der Waals surface area contributed by atoms with E-state index in [1.165, 1.54) is 13.8 Å². The summed E-state index contributed by atoms with van der Waals surface area (Å²) < 4.78 is 41.5. The first-order valence-corrected chi connectivity index (χ1v) is 2.56. The third kappa shape index (κ3) is 1.46. The Bertz CT molecular complexity index is 217. The summed E-state index contributed by atoms with van der Waals surface area (Å²) in [7, 11) is 0. The van der Waals surface area contributed by atoms with Gasteiger partial charge in [-0.05, 0) is 13.8 Å². The summed E-state index contributed by atoms with van der Waals surface area (Å²) in [5.74, 6) is 0. The minimum atomic E-state index is -2.33. The first-order valence-electron chi connectivity index (χ1n) is 5.06. The van der Waals surface area contributed by atoms with Crippen LogP contribution in [0.15, 0.2) is 0 Å². The first kappa shape index (κ1) is 2.27. The summed E-state index contributed by atoms with van der Waals surface area (Å²) in [4.78, 5) is 0. The fraction of sp³-hybridized carbons (Fsp3) is 1.00. The van der Waals surface area contributed by atoms with Gasteiger partial charge in [-0.3, -0.25) is 0 Å². The topological polar surface area (TPSA) is 21.3 Å². The second-order valence-corrected chi connectivity index (χ2v) is 1.81. The first-order chi connectivity index (χ1) is 5.58. The third-order valence-electron chi connectivity index (χ3n) is 0.873. The molecule has 1 aliphatic rings. The lowest BCUT2D eigenvalue weighted by Crippen LogP contribution is -2.45. The molecule has 2 heteroatoms. The minimum absolute atomic E-state index is 0.709. The van der Waals surface area contributed by atoms with Gasteiger partial charge in [0.05, 0.1) is 18.6 Å². The van der Waals surface area contributed by atoms with Crippen molar-refractivity contribution in [3.63, 3.8) is 0 Å². The molecule has 1 heterocycles. The van der Waals surface area contributed by atoms with E-state index in [0.717, 1.165) is 0 Å². The summed E-state index contributed by atoms with van der Waals surface area (Å²) in [5, 5.41) is 2.53. The Kier molecular flexibility index (Phi) is 0.700. The molecule has 1 aliphatic heterocycles. The van der Waals surface area contributed by atoms with Crippen LogP contribution in [0.4, 0.5) is 0 Å². The number of hydrogen-bond donors (Lipinski definition) is 1. The molecule has 0 aromatic rings. The van der Waals surface area contributed by atoms with Crippen LogP contribution in [0.5, 0.6) is 0 Å². The molecule has 0 bridgehead atoms. The number of nitrogens with one attached hydrogen (secondary N) is 1. The smallest absolute Gasteiger partial charge is 0.0617 e. The maximum absolute atomic E-state index is 7.56. The molecule has 1 rings (SSSR count). The Morgan fingerprint density at radius 1 is 1.75 bits per heavy atom. The molecule has 0 amide bonds. The van der Waals surface area contributed by atoms with Crippen LogP contribution >= 0.6 is 0 Å². The van der Waals surface area contributed by atoms with Gasteiger partial charge in [0.1, 0.15) is 0 Å². The highest BCUT2D eigenvalue weighted by Gasteiger charge is 2.12. The summed E-state index contributed by atoms with van der Waals surface area (Å²) >= 11 is 0. The molecular formula is C6H13NO. The van der Waals surface area contributed by atoms with Crippen LogP contribution in [0.1, 0.15) is 20.7 Å². The van der Waals surface area contributed by atoms with E-state index in [-0.39, 0.29) is 0 Å². The number of hydrogen-bond acceptors (Lipinski definition) is 2. The molecule has 2 nitrogen and oxygen atoms in total. The zero-order chi connectivity index (χ0) is 10.5. The van der Waals surface area contributed by atoms with Crippen molar-refractivity contribution in [3.05, 3.63) is 0 Å². The number of morpholine rings is 1. The number of rotatable bonds is 0.